The van der Waals surface area contributed by atoms with E-state index in [0.717, 1.165) is 21.2 Å². The first-order valence-electron chi connectivity index (χ1n) is 6.11. The van der Waals surface area contributed by atoms with E-state index in [1.807, 2.05) is 44.2 Å². The van der Waals surface area contributed by atoms with Crippen LogP contribution in [0, 0.1) is 13.8 Å². The van der Waals surface area contributed by atoms with Crippen LogP contribution in [0.25, 0.3) is 10.8 Å². The summed E-state index contributed by atoms with van der Waals surface area (Å²) in [6.45, 7) is 4.08. The Kier molecular flexibility index (Phi) is 2.91. The van der Waals surface area contributed by atoms with E-state index < -0.39 is 0 Å². The van der Waals surface area contributed by atoms with Crippen molar-refractivity contribution in [3.8, 4) is 0 Å². The van der Waals surface area contributed by atoms with Gasteiger partial charge in [-0.2, -0.15) is 0 Å². The lowest BCUT2D eigenvalue weighted by molar-refractivity contribution is 0.104. The minimum atomic E-state index is 0.0831. The average Bonchev–Trinajstić information content (AvgIpc) is 2.77. The predicted octanol–water partition coefficient (Wildman–Crippen LogP) is 4.14. The van der Waals surface area contributed by atoms with E-state index in [9.17, 15) is 4.79 Å². The van der Waals surface area contributed by atoms with Gasteiger partial charge >= 0.3 is 0 Å². The Morgan fingerprint density at radius 2 is 2.05 bits per heavy atom. The monoisotopic (exact) mass is 267 g/mol. The van der Waals surface area contributed by atoms with Gasteiger partial charge in [-0.3, -0.25) is 9.78 Å². The number of ketones is 1. The third-order valence-corrected chi connectivity index (χ3v) is 4.47. The number of pyridine rings is 1. The maximum atomic E-state index is 12.6. The molecule has 0 aliphatic heterocycles. The summed E-state index contributed by atoms with van der Waals surface area (Å²) in [6, 6.07) is 9.69. The van der Waals surface area contributed by atoms with Crippen LogP contribution in [0.1, 0.15) is 25.7 Å². The lowest BCUT2D eigenvalue weighted by Crippen LogP contribution is -1.99. The van der Waals surface area contributed by atoms with Gasteiger partial charge in [0.2, 0.25) is 5.78 Å². The van der Waals surface area contributed by atoms with Gasteiger partial charge in [0.15, 0.2) is 0 Å². The van der Waals surface area contributed by atoms with Crippen molar-refractivity contribution in [3.05, 3.63) is 63.6 Å². The van der Waals surface area contributed by atoms with Crippen molar-refractivity contribution in [2.45, 2.75) is 13.8 Å². The Morgan fingerprint density at radius 1 is 1.21 bits per heavy atom. The molecule has 0 fully saturated rings. The largest absolute Gasteiger partial charge is 0.288 e. The van der Waals surface area contributed by atoms with E-state index in [0.29, 0.717) is 0 Å². The van der Waals surface area contributed by atoms with Gasteiger partial charge in [0.1, 0.15) is 0 Å². The van der Waals surface area contributed by atoms with E-state index in [1.165, 1.54) is 10.4 Å². The molecule has 1 aromatic carbocycles. The van der Waals surface area contributed by atoms with Gasteiger partial charge < -0.3 is 0 Å². The second-order valence-corrected chi connectivity index (χ2v) is 5.84. The molecule has 0 spiro atoms. The maximum Gasteiger partial charge on any atom is 0.203 e. The van der Waals surface area contributed by atoms with Gasteiger partial charge in [-0.15, -0.1) is 11.3 Å². The molecular weight excluding hydrogens is 254 g/mol. The topological polar surface area (TPSA) is 30.0 Å². The first kappa shape index (κ1) is 12.1. The fourth-order valence-corrected chi connectivity index (χ4v) is 3.12. The van der Waals surface area contributed by atoms with Crippen molar-refractivity contribution in [2.75, 3.05) is 0 Å². The second-order valence-electron chi connectivity index (χ2n) is 4.58. The molecule has 0 atom stereocenters. The van der Waals surface area contributed by atoms with Crippen LogP contribution in [0.5, 0.6) is 0 Å². The summed E-state index contributed by atoms with van der Waals surface area (Å²) < 4.78 is 0. The number of benzene rings is 1. The Morgan fingerprint density at radius 3 is 2.79 bits per heavy atom. The third-order valence-electron chi connectivity index (χ3n) is 3.32. The molecular formula is C16H13NOS. The summed E-state index contributed by atoms with van der Waals surface area (Å²) >= 11 is 1.56. The molecule has 3 rings (SSSR count). The van der Waals surface area contributed by atoms with E-state index in [2.05, 4.69) is 4.98 Å². The van der Waals surface area contributed by atoms with Gasteiger partial charge in [-0.05, 0) is 36.9 Å². The molecule has 0 amide bonds. The fourth-order valence-electron chi connectivity index (χ4n) is 2.13. The van der Waals surface area contributed by atoms with Crippen LogP contribution in [0.4, 0.5) is 0 Å². The fraction of sp³-hybridized carbons (Fsp3) is 0.125. The van der Waals surface area contributed by atoms with Crippen LogP contribution in [0.15, 0.2) is 42.7 Å². The van der Waals surface area contributed by atoms with E-state index in [1.54, 1.807) is 23.7 Å². The molecule has 0 bridgehead atoms. The van der Waals surface area contributed by atoms with Crippen molar-refractivity contribution in [1.29, 1.82) is 0 Å². The Hall–Kier alpha value is -2.00. The molecule has 3 aromatic rings. The molecule has 2 nitrogen and oxygen atoms in total. The highest BCUT2D eigenvalue weighted by Crippen LogP contribution is 2.26. The third kappa shape index (κ3) is 2.06. The zero-order valence-corrected chi connectivity index (χ0v) is 11.6. The summed E-state index contributed by atoms with van der Waals surface area (Å²) in [4.78, 5) is 18.7. The molecule has 0 aliphatic rings. The van der Waals surface area contributed by atoms with Gasteiger partial charge in [-0.25, -0.2) is 0 Å². The van der Waals surface area contributed by atoms with Gasteiger partial charge in [0.05, 0.1) is 4.88 Å². The van der Waals surface area contributed by atoms with E-state index in [-0.39, 0.29) is 5.78 Å². The van der Waals surface area contributed by atoms with Crippen LogP contribution in [0.2, 0.25) is 0 Å². The average molecular weight is 267 g/mol. The summed E-state index contributed by atoms with van der Waals surface area (Å²) in [7, 11) is 0. The molecule has 19 heavy (non-hydrogen) atoms. The minimum Gasteiger partial charge on any atom is -0.288 e. The minimum absolute atomic E-state index is 0.0831. The maximum absolute atomic E-state index is 12.6. The van der Waals surface area contributed by atoms with Crippen LogP contribution in [-0.4, -0.2) is 10.8 Å². The number of thiophene rings is 1. The van der Waals surface area contributed by atoms with Crippen LogP contribution >= 0.6 is 11.3 Å². The number of aryl methyl sites for hydroxylation is 2. The highest BCUT2D eigenvalue weighted by molar-refractivity contribution is 7.14. The number of hydrogen-bond donors (Lipinski definition) is 0. The van der Waals surface area contributed by atoms with Crippen molar-refractivity contribution >= 4 is 27.9 Å². The first-order chi connectivity index (χ1) is 9.16. The van der Waals surface area contributed by atoms with Crippen molar-refractivity contribution in [3.63, 3.8) is 0 Å². The first-order valence-corrected chi connectivity index (χ1v) is 6.93. The van der Waals surface area contributed by atoms with Gasteiger partial charge in [0.25, 0.3) is 0 Å². The quantitative estimate of drug-likeness (QED) is 0.653. The highest BCUT2D eigenvalue weighted by Gasteiger charge is 2.15. The molecule has 94 valence electrons. The summed E-state index contributed by atoms with van der Waals surface area (Å²) in [6.07, 6.45) is 3.51. The molecule has 2 aromatic heterocycles. The Bertz CT molecular complexity index is 749. The molecule has 2 heterocycles. The van der Waals surface area contributed by atoms with Crippen molar-refractivity contribution in [1.82, 2.24) is 4.98 Å². The number of hydrogen-bond acceptors (Lipinski definition) is 3. The predicted molar refractivity (Wildman–Crippen MR) is 79.0 cm³/mol. The van der Waals surface area contributed by atoms with Gasteiger partial charge in [0, 0.05) is 28.2 Å². The molecule has 0 aliphatic carbocycles. The number of nitrogens with zero attached hydrogens (tertiary/aromatic N) is 1. The number of rotatable bonds is 2. The SMILES string of the molecule is Cc1cc(C(=O)c2cccc3ccncc23)sc1C. The van der Waals surface area contributed by atoms with Gasteiger partial charge in [-0.1, -0.05) is 18.2 Å². The summed E-state index contributed by atoms with van der Waals surface area (Å²) in [5.74, 6) is 0.0831. The lowest BCUT2D eigenvalue weighted by Gasteiger charge is -2.03. The summed E-state index contributed by atoms with van der Waals surface area (Å²) in [5, 5.41) is 1.96. The Balaban J connectivity index is 2.16. The standard InChI is InChI=1S/C16H13NOS/c1-10-8-15(19-11(10)2)16(18)13-5-3-4-12-6-7-17-9-14(12)13/h3-9H,1-2H3. The zero-order chi connectivity index (χ0) is 13.4. The molecule has 0 unspecified atom stereocenters. The number of carbonyl (C=O) groups excluding carboxylic acids is 1. The zero-order valence-electron chi connectivity index (χ0n) is 10.8. The van der Waals surface area contributed by atoms with Crippen molar-refractivity contribution in [2.24, 2.45) is 0 Å². The number of carbonyl (C=O) groups is 1. The number of aromatic nitrogens is 1. The second kappa shape index (κ2) is 4.59. The molecule has 0 saturated heterocycles. The smallest absolute Gasteiger partial charge is 0.203 e. The van der Waals surface area contributed by atoms with Crippen LogP contribution in [-0.2, 0) is 0 Å². The highest BCUT2D eigenvalue weighted by atomic mass is 32.1. The molecule has 0 N–H and O–H groups in total. The van der Waals surface area contributed by atoms with E-state index >= 15 is 0 Å². The summed E-state index contributed by atoms with van der Waals surface area (Å²) in [5.41, 5.74) is 1.90. The van der Waals surface area contributed by atoms with Crippen molar-refractivity contribution < 1.29 is 4.79 Å². The Labute approximate surface area is 115 Å². The molecule has 3 heteroatoms. The van der Waals surface area contributed by atoms with E-state index in [4.69, 9.17) is 0 Å². The number of fused-ring (bicyclic) bond motifs is 1. The van der Waals surface area contributed by atoms with Crippen LogP contribution < -0.4 is 0 Å². The van der Waals surface area contributed by atoms with Crippen LogP contribution in [0.3, 0.4) is 0 Å². The lowest BCUT2D eigenvalue weighted by atomic mass is 10.0. The normalized spacial score (nSPS) is 10.8. The molecule has 0 radical (unpaired) electrons. The molecule has 0 saturated carbocycles.